The molecule has 29 heavy (non-hydrogen) atoms. The van der Waals surface area contributed by atoms with Gasteiger partial charge in [-0.05, 0) is 0 Å². The number of hydrogen-bond donors (Lipinski definition) is 1. The van der Waals surface area contributed by atoms with Crippen LogP contribution in [-0.2, 0) is 0 Å². The molecule has 2 aromatic heterocycles. The first-order valence-corrected chi connectivity index (χ1v) is 12.5. The first kappa shape index (κ1) is 20.2. The summed E-state index contributed by atoms with van der Waals surface area (Å²) in [6, 6.07) is 5.23. The molecule has 1 aliphatic rings. The summed E-state index contributed by atoms with van der Waals surface area (Å²) in [4.78, 5) is 34.2. The summed E-state index contributed by atoms with van der Waals surface area (Å²) in [5.74, 6) is 0. The van der Waals surface area contributed by atoms with Gasteiger partial charge in [-0.1, -0.05) is 0 Å². The Hall–Kier alpha value is -2.04. The van der Waals surface area contributed by atoms with E-state index in [9.17, 15) is 14.7 Å². The Morgan fingerprint density at radius 1 is 1.21 bits per heavy atom. The van der Waals surface area contributed by atoms with Crippen molar-refractivity contribution in [1.29, 1.82) is 0 Å². The molecule has 3 aromatic rings. The molecule has 1 radical (unpaired) electrons. The number of carbonyl (C=O) groups is 1. The van der Waals surface area contributed by atoms with Gasteiger partial charge in [-0.2, -0.15) is 0 Å². The molecule has 0 spiro atoms. The summed E-state index contributed by atoms with van der Waals surface area (Å²) < 4.78 is 2.67. The molecule has 2 heterocycles. The van der Waals surface area contributed by atoms with E-state index in [2.05, 4.69) is 11.9 Å². The quantitative estimate of drug-likeness (QED) is 0.268. The van der Waals surface area contributed by atoms with E-state index in [1.807, 2.05) is 16.8 Å². The molecular weight excluding hydrogens is 429 g/mol. The average Bonchev–Trinajstić information content (AvgIpc) is 2.75. The Bertz CT molecular complexity index is 1100. The molecule has 1 N–H and O–H groups in total. The van der Waals surface area contributed by atoms with Crippen LogP contribution < -0.4 is 10.2 Å². The van der Waals surface area contributed by atoms with Crippen molar-refractivity contribution < 1.29 is 9.90 Å². The summed E-state index contributed by atoms with van der Waals surface area (Å²) >= 11 is -0.121. The van der Waals surface area contributed by atoms with Gasteiger partial charge in [-0.3, -0.25) is 0 Å². The number of carbonyl (C=O) groups excluding carboxylic acids is 1. The number of nitrogens with zero attached hydrogens (tertiary/aromatic N) is 3. The molecule has 0 aliphatic heterocycles. The molecule has 4 rings (SSSR count). The summed E-state index contributed by atoms with van der Waals surface area (Å²) in [7, 11) is 0. The number of rotatable bonds is 6. The average molecular weight is 454 g/mol. The molecule has 1 fully saturated rings. The third-order valence-corrected chi connectivity index (χ3v) is 7.88. The van der Waals surface area contributed by atoms with E-state index < -0.39 is 0 Å². The molecule has 0 bridgehead atoms. The number of hydrogen-bond acceptors (Lipinski definition) is 5. The predicted molar refractivity (Wildman–Crippen MR) is 115 cm³/mol. The molecule has 6 nitrogen and oxygen atoms in total. The SMILES string of the molecule is CCCC[As]c1ncc2c3ccc(C=O)cc3c(=O)n(C3CCC(O)CC3)c2n1. The first-order chi connectivity index (χ1) is 14.1. The van der Waals surface area contributed by atoms with Gasteiger partial charge in [-0.25, -0.2) is 0 Å². The maximum atomic E-state index is 13.5. The zero-order chi connectivity index (χ0) is 20.4. The van der Waals surface area contributed by atoms with Gasteiger partial charge >= 0.3 is 176 Å². The van der Waals surface area contributed by atoms with Crippen molar-refractivity contribution >= 4 is 48.5 Å². The van der Waals surface area contributed by atoms with E-state index >= 15 is 0 Å². The molecule has 0 amide bonds. The standard InChI is InChI=1S/C22H25AsN3O3/c1-2-3-10-23-22-24-12-19-17-9-4-14(13-27)11-18(17)21(29)26(20(19)25-22)15-5-7-16(28)8-6-15/h4,9,11-13,15-16,28H,2-3,5-8,10H2,1H3. The first-order valence-electron chi connectivity index (χ1n) is 10.3. The van der Waals surface area contributed by atoms with Crippen LogP contribution in [0.2, 0.25) is 5.21 Å². The van der Waals surface area contributed by atoms with Crippen molar-refractivity contribution in [2.45, 2.75) is 62.8 Å². The Balaban J connectivity index is 1.93. The fourth-order valence-electron chi connectivity index (χ4n) is 4.08. The number of aromatic nitrogens is 3. The van der Waals surface area contributed by atoms with Crippen molar-refractivity contribution in [3.8, 4) is 0 Å². The Kier molecular flexibility index (Phi) is 6.12. The molecular formula is C22H25AsN3O3. The molecule has 0 saturated heterocycles. The van der Waals surface area contributed by atoms with Crippen LogP contribution in [0.25, 0.3) is 21.8 Å². The van der Waals surface area contributed by atoms with Crippen molar-refractivity contribution in [2.75, 3.05) is 0 Å². The molecule has 1 aromatic carbocycles. The normalized spacial score (nSPS) is 20.1. The number of aldehydes is 1. The van der Waals surface area contributed by atoms with Crippen LogP contribution in [0.3, 0.4) is 0 Å². The topological polar surface area (TPSA) is 85.1 Å². The number of fused-ring (bicyclic) bond motifs is 3. The molecule has 7 heteroatoms. The van der Waals surface area contributed by atoms with Gasteiger partial charge in [0.1, 0.15) is 0 Å². The summed E-state index contributed by atoms with van der Waals surface area (Å²) in [6.07, 6.45) is 7.51. The second-order valence-electron chi connectivity index (χ2n) is 7.70. The predicted octanol–water partition coefficient (Wildman–Crippen LogP) is 2.78. The van der Waals surface area contributed by atoms with E-state index in [1.54, 1.807) is 12.1 Å². The van der Waals surface area contributed by atoms with Gasteiger partial charge in [-0.15, -0.1) is 0 Å². The third kappa shape index (κ3) is 4.01. The van der Waals surface area contributed by atoms with Crippen molar-refractivity contribution in [2.24, 2.45) is 0 Å². The molecule has 1 saturated carbocycles. The van der Waals surface area contributed by atoms with Crippen molar-refractivity contribution in [1.82, 2.24) is 14.5 Å². The van der Waals surface area contributed by atoms with Gasteiger partial charge in [0.2, 0.25) is 0 Å². The van der Waals surface area contributed by atoms with Gasteiger partial charge in [0.05, 0.1) is 0 Å². The molecule has 1 aliphatic carbocycles. The number of benzene rings is 1. The number of aliphatic hydroxyl groups excluding tert-OH is 1. The van der Waals surface area contributed by atoms with E-state index in [-0.39, 0.29) is 33.5 Å². The van der Waals surface area contributed by atoms with Gasteiger partial charge in [0, 0.05) is 0 Å². The Labute approximate surface area is 176 Å². The van der Waals surface area contributed by atoms with Crippen LogP contribution in [-0.4, -0.2) is 47.8 Å². The van der Waals surface area contributed by atoms with Gasteiger partial charge in [0.15, 0.2) is 0 Å². The maximum absolute atomic E-state index is 13.5. The summed E-state index contributed by atoms with van der Waals surface area (Å²) in [6.45, 7) is 2.18. The number of aliphatic hydroxyl groups is 1. The monoisotopic (exact) mass is 454 g/mol. The molecule has 151 valence electrons. The minimum absolute atomic E-state index is 0.00679. The summed E-state index contributed by atoms with van der Waals surface area (Å²) in [5, 5.41) is 13.2. The van der Waals surface area contributed by atoms with E-state index in [0.717, 1.165) is 46.1 Å². The molecule has 0 unspecified atom stereocenters. The zero-order valence-electron chi connectivity index (χ0n) is 16.5. The van der Waals surface area contributed by atoms with E-state index in [0.29, 0.717) is 29.4 Å². The van der Waals surface area contributed by atoms with E-state index in [1.165, 1.54) is 6.42 Å². The third-order valence-electron chi connectivity index (χ3n) is 5.70. The zero-order valence-corrected chi connectivity index (χ0v) is 18.4. The second-order valence-corrected chi connectivity index (χ2v) is 10.1. The fourth-order valence-corrected chi connectivity index (χ4v) is 6.13. The van der Waals surface area contributed by atoms with Crippen LogP contribution in [0.1, 0.15) is 61.8 Å². The van der Waals surface area contributed by atoms with Crippen LogP contribution in [0.5, 0.6) is 0 Å². The van der Waals surface area contributed by atoms with Crippen molar-refractivity contribution in [3.63, 3.8) is 0 Å². The number of unbranched alkanes of at least 4 members (excludes halogenated alkanes) is 1. The van der Waals surface area contributed by atoms with Crippen LogP contribution in [0.15, 0.2) is 29.2 Å². The van der Waals surface area contributed by atoms with Crippen molar-refractivity contribution in [3.05, 3.63) is 40.3 Å². The summed E-state index contributed by atoms with van der Waals surface area (Å²) in [5.41, 5.74) is 1.08. The van der Waals surface area contributed by atoms with E-state index in [4.69, 9.17) is 4.98 Å². The fraction of sp³-hybridized carbons (Fsp3) is 0.455. The van der Waals surface area contributed by atoms with Gasteiger partial charge < -0.3 is 0 Å². The molecule has 0 atom stereocenters. The Morgan fingerprint density at radius 2 is 2.00 bits per heavy atom. The Morgan fingerprint density at radius 3 is 2.72 bits per heavy atom. The van der Waals surface area contributed by atoms with Crippen LogP contribution >= 0.6 is 0 Å². The van der Waals surface area contributed by atoms with Crippen LogP contribution in [0, 0.1) is 0 Å². The second kappa shape index (κ2) is 8.76. The van der Waals surface area contributed by atoms with Crippen LogP contribution in [0.4, 0.5) is 0 Å². The minimum atomic E-state index is -0.292. The van der Waals surface area contributed by atoms with Gasteiger partial charge in [0.25, 0.3) is 0 Å². The number of pyridine rings is 1.